The van der Waals surface area contributed by atoms with Crippen LogP contribution in [0.3, 0.4) is 0 Å². The van der Waals surface area contributed by atoms with Crippen molar-refractivity contribution in [3.05, 3.63) is 0 Å². The first kappa shape index (κ1) is 26.6. The van der Waals surface area contributed by atoms with Crippen molar-refractivity contribution in [2.75, 3.05) is 13.4 Å². The molecule has 0 aliphatic heterocycles. The van der Waals surface area contributed by atoms with E-state index < -0.39 is 30.7 Å². The zero-order valence-electron chi connectivity index (χ0n) is 17.6. The molecular weight excluding hydrogens is 338 g/mol. The molecule has 0 aliphatic rings. The molecular formula is C19H37NO6. The van der Waals surface area contributed by atoms with Gasteiger partial charge in [-0.2, -0.15) is 0 Å². The van der Waals surface area contributed by atoms with Crippen molar-refractivity contribution in [2.24, 2.45) is 16.6 Å². The van der Waals surface area contributed by atoms with Gasteiger partial charge in [-0.3, -0.25) is 14.4 Å². The van der Waals surface area contributed by atoms with Gasteiger partial charge < -0.3 is 19.9 Å². The summed E-state index contributed by atoms with van der Waals surface area (Å²) < 4.78 is 14.2. The summed E-state index contributed by atoms with van der Waals surface area (Å²) in [6.07, 6.45) is 2.14. The predicted octanol–water partition coefficient (Wildman–Crippen LogP) is 3.19. The van der Waals surface area contributed by atoms with Crippen LogP contribution in [0.4, 0.5) is 0 Å². The summed E-state index contributed by atoms with van der Waals surface area (Å²) in [5, 5.41) is 0. The van der Waals surface area contributed by atoms with E-state index in [2.05, 4.69) is 30.2 Å². The fraction of sp³-hybridized carbons (Fsp3) is 0.842. The Labute approximate surface area is 157 Å². The highest BCUT2D eigenvalue weighted by atomic mass is 16.7. The molecule has 0 amide bonds. The lowest BCUT2D eigenvalue weighted by Gasteiger charge is -2.33. The number of nitrogens with two attached hydrogens (primary N) is 1. The second-order valence-corrected chi connectivity index (χ2v) is 7.54. The van der Waals surface area contributed by atoms with Crippen LogP contribution in [-0.2, 0) is 28.6 Å². The topological polar surface area (TPSA) is 105 Å². The summed E-state index contributed by atoms with van der Waals surface area (Å²) in [6, 6.07) is -1.11. The van der Waals surface area contributed by atoms with Crippen LogP contribution < -0.4 is 5.73 Å². The van der Waals surface area contributed by atoms with Crippen LogP contribution in [0.15, 0.2) is 0 Å². The molecule has 7 heteroatoms. The normalized spacial score (nSPS) is 12.3. The molecule has 0 aromatic carbocycles. The standard InChI is InChI=1S/C17H31NO6.C2H6/c1-7-16(3,4)10-17(5,6)8-14(20)22-9-13(18)15(21)24-11-23-12(2)19;1-2/h13H,7-11,18H2,1-6H3;1-2H3. The van der Waals surface area contributed by atoms with Gasteiger partial charge in [0.15, 0.2) is 0 Å². The molecule has 0 saturated heterocycles. The lowest BCUT2D eigenvalue weighted by Crippen LogP contribution is -2.38. The first-order valence-corrected chi connectivity index (χ1v) is 9.10. The van der Waals surface area contributed by atoms with Gasteiger partial charge in [0.05, 0.1) is 6.42 Å². The number of hydrogen-bond acceptors (Lipinski definition) is 7. The molecule has 2 N–H and O–H groups in total. The van der Waals surface area contributed by atoms with Gasteiger partial charge in [-0.15, -0.1) is 0 Å². The maximum absolute atomic E-state index is 12.0. The van der Waals surface area contributed by atoms with Crippen LogP contribution in [0.5, 0.6) is 0 Å². The highest BCUT2D eigenvalue weighted by molar-refractivity contribution is 5.76. The average molecular weight is 376 g/mol. The molecule has 0 aromatic rings. The van der Waals surface area contributed by atoms with Crippen LogP contribution in [0, 0.1) is 10.8 Å². The van der Waals surface area contributed by atoms with Gasteiger partial charge in [-0.05, 0) is 17.3 Å². The Morgan fingerprint density at radius 2 is 1.50 bits per heavy atom. The number of carbonyl (C=O) groups excluding carboxylic acids is 3. The Balaban J connectivity index is 0. The Morgan fingerprint density at radius 1 is 0.962 bits per heavy atom. The van der Waals surface area contributed by atoms with Crippen LogP contribution in [0.25, 0.3) is 0 Å². The Kier molecular flexibility index (Phi) is 13.0. The molecule has 7 nitrogen and oxygen atoms in total. The van der Waals surface area contributed by atoms with E-state index in [9.17, 15) is 14.4 Å². The van der Waals surface area contributed by atoms with Gasteiger partial charge in [-0.25, -0.2) is 0 Å². The molecule has 0 radical (unpaired) electrons. The van der Waals surface area contributed by atoms with E-state index in [0.717, 1.165) is 12.8 Å². The minimum atomic E-state index is -1.11. The van der Waals surface area contributed by atoms with Crippen molar-refractivity contribution in [3.63, 3.8) is 0 Å². The van der Waals surface area contributed by atoms with E-state index in [4.69, 9.17) is 10.5 Å². The minimum Gasteiger partial charge on any atom is -0.463 e. The third kappa shape index (κ3) is 13.6. The largest absolute Gasteiger partial charge is 0.463 e. The second kappa shape index (κ2) is 12.7. The van der Waals surface area contributed by atoms with E-state index >= 15 is 0 Å². The van der Waals surface area contributed by atoms with E-state index in [0.29, 0.717) is 0 Å². The molecule has 0 spiro atoms. The molecule has 26 heavy (non-hydrogen) atoms. The zero-order valence-corrected chi connectivity index (χ0v) is 17.6. The van der Waals surface area contributed by atoms with Crippen LogP contribution in [-0.4, -0.2) is 37.3 Å². The highest BCUT2D eigenvalue weighted by Crippen LogP contribution is 2.38. The van der Waals surface area contributed by atoms with Gasteiger partial charge in [-0.1, -0.05) is 54.9 Å². The van der Waals surface area contributed by atoms with Crippen molar-refractivity contribution in [2.45, 2.75) is 80.7 Å². The summed E-state index contributed by atoms with van der Waals surface area (Å²) in [7, 11) is 0. The predicted molar refractivity (Wildman–Crippen MR) is 100 cm³/mol. The van der Waals surface area contributed by atoms with Gasteiger partial charge in [0, 0.05) is 6.92 Å². The number of ether oxygens (including phenoxy) is 3. The van der Waals surface area contributed by atoms with E-state index in [1.54, 1.807) is 0 Å². The number of rotatable bonds is 10. The lowest BCUT2D eigenvalue weighted by atomic mass is 9.72. The molecule has 1 atom stereocenters. The molecule has 0 saturated carbocycles. The molecule has 0 rings (SSSR count). The summed E-state index contributed by atoms with van der Waals surface area (Å²) in [4.78, 5) is 34.0. The van der Waals surface area contributed by atoms with Gasteiger partial charge in [0.2, 0.25) is 6.79 Å². The molecule has 0 aromatic heterocycles. The number of hydrogen-bond donors (Lipinski definition) is 1. The van der Waals surface area contributed by atoms with E-state index in [-0.39, 0.29) is 23.9 Å². The maximum atomic E-state index is 12.0. The maximum Gasteiger partial charge on any atom is 0.329 e. The van der Waals surface area contributed by atoms with Gasteiger partial charge in [0.25, 0.3) is 0 Å². The number of esters is 3. The quantitative estimate of drug-likeness (QED) is 0.462. The van der Waals surface area contributed by atoms with Crippen molar-refractivity contribution in [1.82, 2.24) is 0 Å². The fourth-order valence-corrected chi connectivity index (χ4v) is 2.45. The van der Waals surface area contributed by atoms with Crippen molar-refractivity contribution >= 4 is 17.9 Å². The SMILES string of the molecule is CC.CCC(C)(C)CC(C)(C)CC(=O)OCC(N)C(=O)OCOC(C)=O. The zero-order chi connectivity index (χ0) is 21.0. The first-order valence-electron chi connectivity index (χ1n) is 9.10. The molecule has 1 unspecified atom stereocenters. The summed E-state index contributed by atoms with van der Waals surface area (Å²) >= 11 is 0. The van der Waals surface area contributed by atoms with Crippen LogP contribution >= 0.6 is 0 Å². The van der Waals surface area contributed by atoms with Gasteiger partial charge >= 0.3 is 17.9 Å². The minimum absolute atomic E-state index is 0.140. The Hall–Kier alpha value is -1.63. The first-order chi connectivity index (χ1) is 11.9. The van der Waals surface area contributed by atoms with E-state index in [1.165, 1.54) is 6.92 Å². The van der Waals surface area contributed by atoms with E-state index in [1.807, 2.05) is 27.7 Å². The smallest absolute Gasteiger partial charge is 0.329 e. The second-order valence-electron chi connectivity index (χ2n) is 7.54. The summed E-state index contributed by atoms with van der Waals surface area (Å²) in [5.74, 6) is -1.77. The van der Waals surface area contributed by atoms with Crippen LogP contribution in [0.2, 0.25) is 0 Å². The van der Waals surface area contributed by atoms with Crippen LogP contribution in [0.1, 0.15) is 74.7 Å². The third-order valence-electron chi connectivity index (χ3n) is 3.73. The summed E-state index contributed by atoms with van der Waals surface area (Å²) in [6.45, 7) is 14.9. The van der Waals surface area contributed by atoms with Crippen molar-refractivity contribution in [1.29, 1.82) is 0 Å². The molecule has 0 bridgehead atoms. The molecule has 154 valence electrons. The van der Waals surface area contributed by atoms with Crippen molar-refractivity contribution in [3.8, 4) is 0 Å². The summed E-state index contributed by atoms with van der Waals surface area (Å²) in [5.41, 5.74) is 5.50. The van der Waals surface area contributed by atoms with Crippen molar-refractivity contribution < 1.29 is 28.6 Å². The third-order valence-corrected chi connectivity index (χ3v) is 3.73. The fourth-order valence-electron chi connectivity index (χ4n) is 2.45. The monoisotopic (exact) mass is 375 g/mol. The molecule has 0 heterocycles. The molecule has 0 fully saturated rings. The lowest BCUT2D eigenvalue weighted by molar-refractivity contribution is -0.167. The molecule has 0 aliphatic carbocycles. The number of carbonyl (C=O) groups is 3. The average Bonchev–Trinajstić information content (AvgIpc) is 2.52. The highest BCUT2D eigenvalue weighted by Gasteiger charge is 2.30. The Morgan fingerprint density at radius 3 is 1.96 bits per heavy atom. The Bertz CT molecular complexity index is 445. The van der Waals surface area contributed by atoms with Gasteiger partial charge in [0.1, 0.15) is 12.6 Å².